The fourth-order valence-electron chi connectivity index (χ4n) is 1.83. The van der Waals surface area contributed by atoms with Crippen LogP contribution in [-0.2, 0) is 0 Å². The average molecular weight is 262 g/mol. The molecule has 1 aliphatic heterocycles. The maximum atomic E-state index is 9.75. The number of benzene rings is 1. The Morgan fingerprint density at radius 2 is 1.61 bits per heavy atom. The maximum absolute atomic E-state index is 9.75. The maximum Gasteiger partial charge on any atom is 0.673 e. The first kappa shape index (κ1) is 14.5. The second kappa shape index (κ2) is 5.88. The van der Waals surface area contributed by atoms with Crippen molar-refractivity contribution in [2.45, 2.75) is 0 Å². The highest BCUT2D eigenvalue weighted by molar-refractivity contribution is 6.50. The molecule has 0 saturated heterocycles. The number of halogens is 4. The monoisotopic (exact) mass is 262 g/mol. The lowest BCUT2D eigenvalue weighted by molar-refractivity contribution is -0.486. The molecule has 0 aromatic heterocycles. The summed E-state index contributed by atoms with van der Waals surface area (Å²) in [7, 11) is -1.71. The van der Waals surface area contributed by atoms with Crippen LogP contribution in [0.15, 0.2) is 30.3 Å². The van der Waals surface area contributed by atoms with E-state index in [1.807, 2.05) is 0 Å². The fourth-order valence-corrected chi connectivity index (χ4v) is 1.83. The number of hydrogen-bond donors (Lipinski definition) is 0. The molecular weight excluding hydrogens is 247 g/mol. The summed E-state index contributed by atoms with van der Waals surface area (Å²) >= 11 is 0. The predicted molar refractivity (Wildman–Crippen MR) is 64.4 cm³/mol. The Morgan fingerprint density at radius 3 is 2.00 bits per heavy atom. The van der Waals surface area contributed by atoms with E-state index >= 15 is 0 Å². The molecule has 0 spiro atoms. The topological polar surface area (TPSA) is 6.25 Å². The van der Waals surface area contributed by atoms with E-state index in [1.54, 1.807) is 0 Å². The van der Waals surface area contributed by atoms with E-state index in [2.05, 4.69) is 53.9 Å². The van der Waals surface area contributed by atoms with Crippen molar-refractivity contribution < 1.29 is 21.8 Å². The molecule has 1 heterocycles. The Kier molecular flexibility index (Phi) is 4.75. The van der Waals surface area contributed by atoms with Crippen molar-refractivity contribution in [3.8, 4) is 0 Å². The van der Waals surface area contributed by atoms with Crippen LogP contribution in [0, 0.1) is 0 Å². The standard InChI is InChI=1S/C11H15N2.BF4/c1-12-8-9-13(2)11(12)10-6-4-3-5-7-10;2-1(3,4)5/h3-7H,8-9H2,1-2H3;/q+1;-1. The lowest BCUT2D eigenvalue weighted by Gasteiger charge is -2.06. The third kappa shape index (κ3) is 4.77. The summed E-state index contributed by atoms with van der Waals surface area (Å²) in [6.45, 7) is 2.25. The smallest absolute Gasteiger partial charge is 0.418 e. The Hall–Kier alpha value is -1.53. The SMILES string of the molecule is CN1CC[N+](C)=C1c1ccccc1.F[B-](F)(F)F. The minimum atomic E-state index is -6.00. The molecule has 0 atom stereocenters. The third-order valence-corrected chi connectivity index (χ3v) is 2.53. The first-order valence-corrected chi connectivity index (χ1v) is 5.51. The predicted octanol–water partition coefficient (Wildman–Crippen LogP) is 2.32. The summed E-state index contributed by atoms with van der Waals surface area (Å²) in [4.78, 5) is 2.30. The summed E-state index contributed by atoms with van der Waals surface area (Å²) in [5.41, 5.74) is 1.31. The van der Waals surface area contributed by atoms with E-state index in [9.17, 15) is 17.3 Å². The van der Waals surface area contributed by atoms with E-state index in [0.717, 1.165) is 13.1 Å². The number of likely N-dealkylation sites (N-methyl/N-ethyl adjacent to an activating group) is 2. The summed E-state index contributed by atoms with van der Waals surface area (Å²) in [6, 6.07) is 10.5. The Balaban J connectivity index is 0.000000280. The number of hydrogen-bond acceptors (Lipinski definition) is 1. The van der Waals surface area contributed by atoms with Gasteiger partial charge in [-0.3, -0.25) is 9.48 Å². The van der Waals surface area contributed by atoms with Gasteiger partial charge in [-0.2, -0.15) is 0 Å². The quantitative estimate of drug-likeness (QED) is 0.427. The Bertz CT molecular complexity index is 411. The van der Waals surface area contributed by atoms with Gasteiger partial charge in [0.15, 0.2) is 0 Å². The summed E-state index contributed by atoms with van der Waals surface area (Å²) < 4.78 is 41.3. The van der Waals surface area contributed by atoms with Gasteiger partial charge in [0.1, 0.15) is 13.1 Å². The van der Waals surface area contributed by atoms with E-state index < -0.39 is 7.25 Å². The minimum Gasteiger partial charge on any atom is -0.418 e. The molecule has 18 heavy (non-hydrogen) atoms. The molecule has 1 aliphatic rings. The van der Waals surface area contributed by atoms with Gasteiger partial charge in [-0.1, -0.05) is 18.2 Å². The molecule has 100 valence electrons. The van der Waals surface area contributed by atoms with E-state index in [1.165, 1.54) is 11.4 Å². The van der Waals surface area contributed by atoms with Crippen LogP contribution in [0.1, 0.15) is 5.56 Å². The molecule has 0 N–H and O–H groups in total. The summed E-state index contributed by atoms with van der Waals surface area (Å²) in [5.74, 6) is 1.33. The van der Waals surface area contributed by atoms with Crippen molar-refractivity contribution in [3.05, 3.63) is 35.9 Å². The number of amidine groups is 1. The molecule has 0 aliphatic carbocycles. The van der Waals surface area contributed by atoms with E-state index in [4.69, 9.17) is 0 Å². The number of nitrogens with zero attached hydrogens (tertiary/aromatic N) is 2. The van der Waals surface area contributed by atoms with Crippen LogP contribution in [0.2, 0.25) is 0 Å². The second-order valence-electron chi connectivity index (χ2n) is 4.03. The van der Waals surface area contributed by atoms with Crippen LogP contribution in [0.25, 0.3) is 0 Å². The molecule has 7 heteroatoms. The molecule has 1 aromatic rings. The van der Waals surface area contributed by atoms with Crippen LogP contribution in [0.5, 0.6) is 0 Å². The van der Waals surface area contributed by atoms with Gasteiger partial charge in [-0.05, 0) is 12.1 Å². The zero-order chi connectivity index (χ0) is 13.8. The largest absolute Gasteiger partial charge is 0.673 e. The molecule has 0 fully saturated rings. The highest BCUT2D eigenvalue weighted by atomic mass is 19.5. The van der Waals surface area contributed by atoms with Gasteiger partial charge < -0.3 is 17.3 Å². The molecule has 2 nitrogen and oxygen atoms in total. The van der Waals surface area contributed by atoms with Crippen LogP contribution in [-0.4, -0.2) is 49.8 Å². The number of rotatable bonds is 1. The van der Waals surface area contributed by atoms with Gasteiger partial charge >= 0.3 is 7.25 Å². The van der Waals surface area contributed by atoms with Crippen molar-refractivity contribution in [2.75, 3.05) is 27.2 Å². The first-order valence-electron chi connectivity index (χ1n) is 5.51. The molecule has 0 bridgehead atoms. The third-order valence-electron chi connectivity index (χ3n) is 2.53. The lowest BCUT2D eigenvalue weighted by Crippen LogP contribution is -2.25. The van der Waals surface area contributed by atoms with Crippen molar-refractivity contribution in [1.82, 2.24) is 4.90 Å². The first-order chi connectivity index (χ1) is 8.29. The Labute approximate surface area is 104 Å². The molecule has 0 saturated carbocycles. The van der Waals surface area contributed by atoms with Crippen LogP contribution >= 0.6 is 0 Å². The van der Waals surface area contributed by atoms with E-state index in [0.29, 0.717) is 0 Å². The van der Waals surface area contributed by atoms with E-state index in [-0.39, 0.29) is 0 Å². The fraction of sp³-hybridized carbons (Fsp3) is 0.364. The van der Waals surface area contributed by atoms with Crippen molar-refractivity contribution in [1.29, 1.82) is 0 Å². The molecule has 2 rings (SSSR count). The van der Waals surface area contributed by atoms with Gasteiger partial charge in [0, 0.05) is 0 Å². The Morgan fingerprint density at radius 1 is 1.11 bits per heavy atom. The highest BCUT2D eigenvalue weighted by Crippen LogP contribution is 2.08. The second-order valence-corrected chi connectivity index (χ2v) is 4.03. The average Bonchev–Trinajstić information content (AvgIpc) is 2.57. The summed E-state index contributed by atoms with van der Waals surface area (Å²) in [5, 5.41) is 0. The zero-order valence-corrected chi connectivity index (χ0v) is 10.3. The lowest BCUT2D eigenvalue weighted by atomic mass is 10.2. The zero-order valence-electron chi connectivity index (χ0n) is 10.3. The van der Waals surface area contributed by atoms with Crippen molar-refractivity contribution >= 4 is 13.1 Å². The molecule has 0 radical (unpaired) electrons. The van der Waals surface area contributed by atoms with Gasteiger partial charge in [0.2, 0.25) is 0 Å². The van der Waals surface area contributed by atoms with Gasteiger partial charge in [-0.25, -0.2) is 0 Å². The van der Waals surface area contributed by atoms with Crippen molar-refractivity contribution in [2.24, 2.45) is 0 Å². The normalized spacial score (nSPS) is 15.6. The highest BCUT2D eigenvalue weighted by Gasteiger charge is 2.25. The summed E-state index contributed by atoms with van der Waals surface area (Å²) in [6.07, 6.45) is 0. The van der Waals surface area contributed by atoms with Crippen molar-refractivity contribution in [3.63, 3.8) is 0 Å². The van der Waals surface area contributed by atoms with Gasteiger partial charge in [-0.15, -0.1) is 0 Å². The van der Waals surface area contributed by atoms with Gasteiger partial charge in [0.05, 0.1) is 19.7 Å². The molecule has 0 amide bonds. The van der Waals surface area contributed by atoms with Gasteiger partial charge in [0.25, 0.3) is 5.84 Å². The van der Waals surface area contributed by atoms with Crippen LogP contribution in [0.4, 0.5) is 17.3 Å². The molecule has 1 aromatic carbocycles. The van der Waals surface area contributed by atoms with Crippen LogP contribution < -0.4 is 0 Å². The molecular formula is C11H15BF4N2. The minimum absolute atomic E-state index is 1.13. The van der Waals surface area contributed by atoms with Crippen LogP contribution in [0.3, 0.4) is 0 Å². The molecule has 0 unspecified atom stereocenters.